The van der Waals surface area contributed by atoms with Gasteiger partial charge in [-0.1, -0.05) is 31.0 Å². The number of nitrogens with one attached hydrogen (secondary N) is 1. The SMILES string of the molecule is COC(=O)c1cccc(-c2ccc(C3C(c4ccccn4)NC(=S)N3C3CCCC3)o2)c1. The summed E-state index contributed by atoms with van der Waals surface area (Å²) in [7, 11) is 1.38. The van der Waals surface area contributed by atoms with Crippen LogP contribution in [0.25, 0.3) is 11.3 Å². The lowest BCUT2D eigenvalue weighted by Gasteiger charge is -2.31. The first-order chi connectivity index (χ1) is 15.7. The largest absolute Gasteiger partial charge is 0.465 e. The van der Waals surface area contributed by atoms with Gasteiger partial charge in [0.15, 0.2) is 5.11 Å². The molecule has 1 N–H and O–H groups in total. The van der Waals surface area contributed by atoms with Crippen LogP contribution in [0.15, 0.2) is 65.2 Å². The van der Waals surface area contributed by atoms with Gasteiger partial charge in [-0.2, -0.15) is 0 Å². The van der Waals surface area contributed by atoms with E-state index in [1.54, 1.807) is 18.3 Å². The Morgan fingerprint density at radius 3 is 2.75 bits per heavy atom. The molecule has 0 spiro atoms. The second-order valence-corrected chi connectivity index (χ2v) is 8.63. The molecule has 2 aliphatic rings. The van der Waals surface area contributed by atoms with Crippen molar-refractivity contribution in [1.82, 2.24) is 15.2 Å². The summed E-state index contributed by atoms with van der Waals surface area (Å²) in [6, 6.07) is 17.4. The maximum Gasteiger partial charge on any atom is 0.337 e. The minimum absolute atomic E-state index is 0.0851. The van der Waals surface area contributed by atoms with Crippen LogP contribution in [0, 0.1) is 0 Å². The van der Waals surface area contributed by atoms with E-state index >= 15 is 0 Å². The van der Waals surface area contributed by atoms with Crippen LogP contribution in [-0.2, 0) is 4.74 Å². The van der Waals surface area contributed by atoms with Crippen LogP contribution < -0.4 is 5.32 Å². The predicted molar refractivity (Wildman–Crippen MR) is 125 cm³/mol. The molecule has 1 aliphatic carbocycles. The highest BCUT2D eigenvalue weighted by Crippen LogP contribution is 2.44. The second kappa shape index (κ2) is 8.74. The Labute approximate surface area is 192 Å². The first-order valence-corrected chi connectivity index (χ1v) is 11.3. The van der Waals surface area contributed by atoms with E-state index in [0.29, 0.717) is 17.4 Å². The molecule has 3 aromatic rings. The Hall–Kier alpha value is -3.19. The Balaban J connectivity index is 1.52. The minimum atomic E-state index is -0.369. The van der Waals surface area contributed by atoms with Crippen LogP contribution in [0.4, 0.5) is 0 Å². The molecular weight excluding hydrogens is 422 g/mol. The summed E-state index contributed by atoms with van der Waals surface area (Å²) in [6.45, 7) is 0. The summed E-state index contributed by atoms with van der Waals surface area (Å²) in [5.41, 5.74) is 2.26. The summed E-state index contributed by atoms with van der Waals surface area (Å²) in [5, 5.41) is 4.25. The molecule has 32 heavy (non-hydrogen) atoms. The maximum absolute atomic E-state index is 11.9. The van der Waals surface area contributed by atoms with Crippen LogP contribution in [0.2, 0.25) is 0 Å². The first-order valence-electron chi connectivity index (χ1n) is 10.9. The molecule has 1 aliphatic heterocycles. The number of nitrogens with zero attached hydrogens (tertiary/aromatic N) is 2. The number of methoxy groups -OCH3 is 1. The number of esters is 1. The molecule has 2 unspecified atom stereocenters. The average Bonchev–Trinajstić information content (AvgIpc) is 3.59. The fraction of sp³-hybridized carbons (Fsp3) is 0.320. The molecule has 0 radical (unpaired) electrons. The fourth-order valence-corrected chi connectivity index (χ4v) is 5.22. The highest BCUT2D eigenvalue weighted by molar-refractivity contribution is 7.80. The molecular formula is C25H25N3O3S. The minimum Gasteiger partial charge on any atom is -0.465 e. The Morgan fingerprint density at radius 2 is 2.00 bits per heavy atom. The van der Waals surface area contributed by atoms with Crippen LogP contribution in [-0.4, -0.2) is 34.1 Å². The molecule has 164 valence electrons. The number of rotatable bonds is 5. The third-order valence-corrected chi connectivity index (χ3v) is 6.67. The quantitative estimate of drug-likeness (QED) is 0.434. The van der Waals surface area contributed by atoms with Crippen molar-refractivity contribution in [3.8, 4) is 11.3 Å². The fourth-order valence-electron chi connectivity index (χ4n) is 4.83. The van der Waals surface area contributed by atoms with Gasteiger partial charge in [0.1, 0.15) is 17.6 Å². The third-order valence-electron chi connectivity index (χ3n) is 6.34. The lowest BCUT2D eigenvalue weighted by Crippen LogP contribution is -2.37. The van der Waals surface area contributed by atoms with Crippen molar-refractivity contribution in [3.63, 3.8) is 0 Å². The lowest BCUT2D eigenvalue weighted by atomic mass is 10.0. The number of ether oxygens (including phenoxy) is 1. The number of hydrogen-bond donors (Lipinski definition) is 1. The normalized spacial score (nSPS) is 21.0. The summed E-state index contributed by atoms with van der Waals surface area (Å²) < 4.78 is 11.2. The smallest absolute Gasteiger partial charge is 0.337 e. The monoisotopic (exact) mass is 447 g/mol. The molecule has 2 fully saturated rings. The van der Waals surface area contributed by atoms with Gasteiger partial charge in [-0.3, -0.25) is 4.98 Å². The highest BCUT2D eigenvalue weighted by atomic mass is 32.1. The van der Waals surface area contributed by atoms with Crippen molar-refractivity contribution in [3.05, 3.63) is 77.8 Å². The third kappa shape index (κ3) is 3.77. The zero-order chi connectivity index (χ0) is 22.1. The van der Waals surface area contributed by atoms with Crippen molar-refractivity contribution in [1.29, 1.82) is 0 Å². The van der Waals surface area contributed by atoms with Gasteiger partial charge >= 0.3 is 5.97 Å². The number of aromatic nitrogens is 1. The van der Waals surface area contributed by atoms with Crippen LogP contribution >= 0.6 is 12.2 Å². The molecule has 6 nitrogen and oxygen atoms in total. The van der Waals surface area contributed by atoms with Crippen molar-refractivity contribution < 1.29 is 13.9 Å². The average molecular weight is 448 g/mol. The van der Waals surface area contributed by atoms with E-state index in [0.717, 1.165) is 35.0 Å². The number of furan rings is 1. The van der Waals surface area contributed by atoms with Crippen LogP contribution in [0.5, 0.6) is 0 Å². The van der Waals surface area contributed by atoms with Gasteiger partial charge in [0.25, 0.3) is 0 Å². The zero-order valence-corrected chi connectivity index (χ0v) is 18.7. The van der Waals surface area contributed by atoms with Crippen molar-refractivity contribution in [2.45, 2.75) is 43.8 Å². The predicted octanol–water partition coefficient (Wildman–Crippen LogP) is 5.04. The molecule has 1 saturated heterocycles. The van der Waals surface area contributed by atoms with Gasteiger partial charge in [0.2, 0.25) is 0 Å². The molecule has 1 aromatic carbocycles. The van der Waals surface area contributed by atoms with Gasteiger partial charge in [0.05, 0.1) is 24.4 Å². The molecule has 5 rings (SSSR count). The number of pyridine rings is 1. The van der Waals surface area contributed by atoms with E-state index in [2.05, 4.69) is 15.2 Å². The summed E-state index contributed by atoms with van der Waals surface area (Å²) in [5.74, 6) is 1.17. The number of carbonyl (C=O) groups is 1. The number of carbonyl (C=O) groups excluding carboxylic acids is 1. The number of hydrogen-bond acceptors (Lipinski definition) is 5. The number of thiocarbonyl (C=S) groups is 1. The first kappa shape index (κ1) is 20.7. The molecule has 1 saturated carbocycles. The zero-order valence-electron chi connectivity index (χ0n) is 17.9. The Bertz CT molecular complexity index is 1120. The van der Waals surface area contributed by atoms with Gasteiger partial charge in [-0.05, 0) is 61.5 Å². The highest BCUT2D eigenvalue weighted by Gasteiger charge is 2.45. The summed E-state index contributed by atoms with van der Waals surface area (Å²) in [6.07, 6.45) is 6.49. The molecule has 0 amide bonds. The molecule has 3 heterocycles. The lowest BCUT2D eigenvalue weighted by molar-refractivity contribution is 0.0601. The molecule has 7 heteroatoms. The maximum atomic E-state index is 11.9. The Morgan fingerprint density at radius 1 is 1.16 bits per heavy atom. The summed E-state index contributed by atoms with van der Waals surface area (Å²) in [4.78, 5) is 18.9. The Kier molecular flexibility index (Phi) is 5.66. The standard InChI is InChI=1S/C25H25N3O3S/c1-30-24(29)17-8-6-7-16(15-17)20-12-13-21(31-20)23-22(19-11-4-5-14-26-19)27-25(32)28(23)18-9-2-3-10-18/h4-8,11-15,18,22-23H,2-3,9-10H2,1H3,(H,27,32). The topological polar surface area (TPSA) is 67.6 Å². The molecule has 2 atom stereocenters. The van der Waals surface area contributed by atoms with Gasteiger partial charge in [-0.15, -0.1) is 0 Å². The van der Waals surface area contributed by atoms with Crippen molar-refractivity contribution in [2.75, 3.05) is 7.11 Å². The number of benzene rings is 1. The van der Waals surface area contributed by atoms with Crippen LogP contribution in [0.1, 0.15) is 59.6 Å². The van der Waals surface area contributed by atoms with Crippen LogP contribution in [0.3, 0.4) is 0 Å². The van der Waals surface area contributed by atoms with E-state index in [4.69, 9.17) is 21.4 Å². The molecule has 2 aromatic heterocycles. The second-order valence-electron chi connectivity index (χ2n) is 8.25. The van der Waals surface area contributed by atoms with Crippen molar-refractivity contribution in [2.24, 2.45) is 0 Å². The van der Waals surface area contributed by atoms with E-state index in [9.17, 15) is 4.79 Å². The van der Waals surface area contributed by atoms with Gasteiger partial charge < -0.3 is 19.4 Å². The van der Waals surface area contributed by atoms with Gasteiger partial charge in [-0.25, -0.2) is 4.79 Å². The summed E-state index contributed by atoms with van der Waals surface area (Å²) >= 11 is 5.78. The van der Waals surface area contributed by atoms with E-state index in [1.807, 2.05) is 42.5 Å². The van der Waals surface area contributed by atoms with E-state index in [1.165, 1.54) is 20.0 Å². The van der Waals surface area contributed by atoms with E-state index < -0.39 is 0 Å². The van der Waals surface area contributed by atoms with E-state index in [-0.39, 0.29) is 18.1 Å². The van der Waals surface area contributed by atoms with Crippen molar-refractivity contribution >= 4 is 23.3 Å². The molecule has 0 bridgehead atoms. The van der Waals surface area contributed by atoms with Gasteiger partial charge in [0, 0.05) is 17.8 Å².